The summed E-state index contributed by atoms with van der Waals surface area (Å²) < 4.78 is 11.2. The SMILES string of the molecule is CC(C)(C)OC(=O)N1CCC(CN2C(=O)OCC23CCCC3)(C2CCCCC2)CC1. The lowest BCUT2D eigenvalue weighted by atomic mass is 9.63. The number of carbonyl (C=O) groups is 2. The van der Waals surface area contributed by atoms with Gasteiger partial charge in [0, 0.05) is 19.6 Å². The van der Waals surface area contributed by atoms with E-state index in [9.17, 15) is 9.59 Å². The zero-order valence-corrected chi connectivity index (χ0v) is 19.2. The largest absolute Gasteiger partial charge is 0.447 e. The van der Waals surface area contributed by atoms with E-state index in [1.54, 1.807) is 0 Å². The van der Waals surface area contributed by atoms with E-state index in [2.05, 4.69) is 4.90 Å². The Kier molecular flexibility index (Phi) is 5.97. The third-order valence-electron chi connectivity index (χ3n) is 8.15. The van der Waals surface area contributed by atoms with Crippen LogP contribution in [0.3, 0.4) is 0 Å². The Bertz CT molecular complexity index is 636. The lowest BCUT2D eigenvalue weighted by Crippen LogP contribution is -2.56. The minimum Gasteiger partial charge on any atom is -0.447 e. The van der Waals surface area contributed by atoms with Gasteiger partial charge in [-0.2, -0.15) is 0 Å². The number of piperidine rings is 1. The predicted molar refractivity (Wildman–Crippen MR) is 115 cm³/mol. The summed E-state index contributed by atoms with van der Waals surface area (Å²) in [6, 6.07) is 0. The molecular weight excluding hydrogens is 380 g/mol. The van der Waals surface area contributed by atoms with E-state index in [-0.39, 0.29) is 23.1 Å². The molecule has 2 saturated heterocycles. The van der Waals surface area contributed by atoms with E-state index in [4.69, 9.17) is 9.47 Å². The Balaban J connectivity index is 1.51. The average Bonchev–Trinajstić information content (AvgIpc) is 3.31. The van der Waals surface area contributed by atoms with Crippen molar-refractivity contribution in [2.75, 3.05) is 26.2 Å². The Labute approximate surface area is 181 Å². The molecule has 2 amide bonds. The summed E-state index contributed by atoms with van der Waals surface area (Å²) in [4.78, 5) is 29.4. The molecule has 0 bridgehead atoms. The lowest BCUT2D eigenvalue weighted by molar-refractivity contribution is -0.0232. The minimum absolute atomic E-state index is 0.0684. The second-order valence-electron chi connectivity index (χ2n) is 11.2. The number of hydrogen-bond donors (Lipinski definition) is 0. The highest BCUT2D eigenvalue weighted by Gasteiger charge is 2.53. The van der Waals surface area contributed by atoms with Crippen molar-refractivity contribution in [1.82, 2.24) is 9.80 Å². The molecule has 2 aliphatic heterocycles. The first-order valence-corrected chi connectivity index (χ1v) is 12.2. The molecule has 4 aliphatic rings. The summed E-state index contributed by atoms with van der Waals surface area (Å²) in [7, 11) is 0. The molecule has 0 unspecified atom stereocenters. The zero-order valence-electron chi connectivity index (χ0n) is 19.2. The summed E-state index contributed by atoms with van der Waals surface area (Å²) >= 11 is 0. The molecule has 30 heavy (non-hydrogen) atoms. The highest BCUT2D eigenvalue weighted by atomic mass is 16.6. The molecule has 2 heterocycles. The van der Waals surface area contributed by atoms with E-state index in [0.29, 0.717) is 12.5 Å². The van der Waals surface area contributed by atoms with Crippen LogP contribution in [0.5, 0.6) is 0 Å². The van der Waals surface area contributed by atoms with E-state index in [1.165, 1.54) is 44.9 Å². The fourth-order valence-corrected chi connectivity index (χ4v) is 6.41. The van der Waals surface area contributed by atoms with Gasteiger partial charge >= 0.3 is 12.2 Å². The van der Waals surface area contributed by atoms with Crippen molar-refractivity contribution in [3.63, 3.8) is 0 Å². The van der Waals surface area contributed by atoms with Crippen LogP contribution in [-0.4, -0.2) is 59.4 Å². The number of cyclic esters (lactones) is 1. The maximum absolute atomic E-state index is 12.8. The highest BCUT2D eigenvalue weighted by molar-refractivity contribution is 5.71. The summed E-state index contributed by atoms with van der Waals surface area (Å²) in [5, 5.41) is 0. The van der Waals surface area contributed by atoms with Gasteiger partial charge in [-0.25, -0.2) is 9.59 Å². The molecule has 2 aliphatic carbocycles. The molecule has 0 aromatic rings. The normalized spacial score (nSPS) is 26.8. The van der Waals surface area contributed by atoms with Crippen LogP contribution in [0.4, 0.5) is 9.59 Å². The average molecular weight is 421 g/mol. The molecular formula is C24H40N2O4. The number of rotatable bonds is 3. The molecule has 0 atom stereocenters. The number of carbonyl (C=O) groups excluding carboxylic acids is 2. The van der Waals surface area contributed by atoms with Crippen LogP contribution in [0.1, 0.15) is 91.4 Å². The van der Waals surface area contributed by atoms with Crippen LogP contribution in [0.2, 0.25) is 0 Å². The molecule has 0 aromatic carbocycles. The minimum atomic E-state index is -0.469. The Morgan fingerprint density at radius 2 is 1.67 bits per heavy atom. The van der Waals surface area contributed by atoms with Crippen LogP contribution < -0.4 is 0 Å². The molecule has 1 spiro atoms. The zero-order chi connectivity index (χ0) is 21.4. The van der Waals surface area contributed by atoms with Gasteiger partial charge in [0.1, 0.15) is 12.2 Å². The van der Waals surface area contributed by atoms with E-state index in [1.807, 2.05) is 25.7 Å². The van der Waals surface area contributed by atoms with Crippen molar-refractivity contribution >= 4 is 12.2 Å². The van der Waals surface area contributed by atoms with E-state index < -0.39 is 5.60 Å². The van der Waals surface area contributed by atoms with Crippen molar-refractivity contribution in [1.29, 1.82) is 0 Å². The summed E-state index contributed by atoms with van der Waals surface area (Å²) in [6.07, 6.45) is 12.5. The molecule has 6 heteroatoms. The van der Waals surface area contributed by atoms with Crippen LogP contribution in [0.15, 0.2) is 0 Å². The highest BCUT2D eigenvalue weighted by Crippen LogP contribution is 2.49. The molecule has 170 valence electrons. The van der Waals surface area contributed by atoms with Gasteiger partial charge in [0.2, 0.25) is 0 Å². The van der Waals surface area contributed by atoms with Gasteiger partial charge in [-0.05, 0) is 70.6 Å². The van der Waals surface area contributed by atoms with Crippen molar-refractivity contribution in [3.05, 3.63) is 0 Å². The molecule has 4 fully saturated rings. The van der Waals surface area contributed by atoms with Crippen LogP contribution in [-0.2, 0) is 9.47 Å². The predicted octanol–water partition coefficient (Wildman–Crippen LogP) is 5.35. The number of amides is 2. The van der Waals surface area contributed by atoms with Crippen molar-refractivity contribution < 1.29 is 19.1 Å². The number of ether oxygens (including phenoxy) is 2. The van der Waals surface area contributed by atoms with Crippen LogP contribution in [0, 0.1) is 11.3 Å². The van der Waals surface area contributed by atoms with Crippen molar-refractivity contribution in [2.45, 2.75) is 103 Å². The third-order valence-corrected chi connectivity index (χ3v) is 8.15. The van der Waals surface area contributed by atoms with Crippen molar-refractivity contribution in [2.24, 2.45) is 11.3 Å². The van der Waals surface area contributed by atoms with Gasteiger partial charge in [0.15, 0.2) is 0 Å². The smallest absolute Gasteiger partial charge is 0.410 e. The lowest BCUT2D eigenvalue weighted by Gasteiger charge is -2.50. The second kappa shape index (κ2) is 8.23. The fraction of sp³-hybridized carbons (Fsp3) is 0.917. The van der Waals surface area contributed by atoms with Gasteiger partial charge in [-0.15, -0.1) is 0 Å². The number of nitrogens with zero attached hydrogens (tertiary/aromatic N) is 2. The molecule has 0 aromatic heterocycles. The van der Waals surface area contributed by atoms with Crippen LogP contribution in [0.25, 0.3) is 0 Å². The molecule has 0 N–H and O–H groups in total. The van der Waals surface area contributed by atoms with E-state index >= 15 is 0 Å². The van der Waals surface area contributed by atoms with E-state index in [0.717, 1.165) is 45.3 Å². The topological polar surface area (TPSA) is 59.1 Å². The number of likely N-dealkylation sites (tertiary alicyclic amines) is 1. The molecule has 4 rings (SSSR count). The Hall–Kier alpha value is -1.46. The molecule has 6 nitrogen and oxygen atoms in total. The monoisotopic (exact) mass is 420 g/mol. The second-order valence-corrected chi connectivity index (χ2v) is 11.2. The quantitative estimate of drug-likeness (QED) is 0.618. The van der Waals surface area contributed by atoms with Crippen molar-refractivity contribution in [3.8, 4) is 0 Å². The third kappa shape index (κ3) is 4.29. The molecule has 2 saturated carbocycles. The van der Waals surface area contributed by atoms with Crippen LogP contribution >= 0.6 is 0 Å². The summed E-state index contributed by atoms with van der Waals surface area (Å²) in [5.74, 6) is 0.638. The summed E-state index contributed by atoms with van der Waals surface area (Å²) in [6.45, 7) is 8.57. The van der Waals surface area contributed by atoms with Gasteiger partial charge in [-0.1, -0.05) is 32.1 Å². The fourth-order valence-electron chi connectivity index (χ4n) is 6.41. The maximum Gasteiger partial charge on any atom is 0.410 e. The van der Waals surface area contributed by atoms with Gasteiger partial charge < -0.3 is 14.4 Å². The maximum atomic E-state index is 12.8. The first-order valence-electron chi connectivity index (χ1n) is 12.2. The van der Waals surface area contributed by atoms with Gasteiger partial charge in [0.25, 0.3) is 0 Å². The standard InChI is InChI=1S/C24H40N2O4/c1-22(2,3)30-20(27)25-15-13-23(14-16-25,19-9-5-4-6-10-19)17-26-21(28)29-18-24(26)11-7-8-12-24/h19H,4-18H2,1-3H3. The number of hydrogen-bond acceptors (Lipinski definition) is 4. The first-order chi connectivity index (χ1) is 14.2. The Morgan fingerprint density at radius 1 is 1.03 bits per heavy atom. The summed E-state index contributed by atoms with van der Waals surface area (Å²) in [5.41, 5.74) is -0.442. The first kappa shape index (κ1) is 21.8. The molecule has 0 radical (unpaired) electrons. The van der Waals surface area contributed by atoms with Gasteiger partial charge in [0.05, 0.1) is 5.54 Å². The van der Waals surface area contributed by atoms with Gasteiger partial charge in [-0.3, -0.25) is 4.90 Å². The Morgan fingerprint density at radius 3 is 2.27 bits per heavy atom.